The predicted octanol–water partition coefficient (Wildman–Crippen LogP) is 9.46. The molecule has 0 aliphatic carbocycles. The van der Waals surface area contributed by atoms with Crippen LogP contribution in [0.15, 0.2) is 91.0 Å². The SMILES string of the molecule is CCCCCCCCCCCCCCCOC[C@@H](O)COC(c1ccccc1)(c1ccccc1)c1ccccc1. The van der Waals surface area contributed by atoms with Crippen LogP contribution in [0.2, 0.25) is 0 Å². The molecular formula is C37H52O3. The lowest BCUT2D eigenvalue weighted by atomic mass is 9.80. The van der Waals surface area contributed by atoms with Crippen molar-refractivity contribution in [1.82, 2.24) is 0 Å². The van der Waals surface area contributed by atoms with E-state index in [-0.39, 0.29) is 13.2 Å². The Morgan fingerprint density at radius 1 is 0.525 bits per heavy atom. The standard InChI is InChI=1S/C37H52O3/c1-2-3-4-5-6-7-8-9-10-11-12-13-23-30-39-31-36(38)32-40-37(33-24-17-14-18-25-33,34-26-19-15-20-27-34)35-28-21-16-22-29-35/h14-22,24-29,36,38H,2-13,23,30-32H2,1H3/t36-/m1/s1. The van der Waals surface area contributed by atoms with Crippen LogP contribution in [0.3, 0.4) is 0 Å². The van der Waals surface area contributed by atoms with Crippen molar-refractivity contribution >= 4 is 0 Å². The fourth-order valence-corrected chi connectivity index (χ4v) is 5.48. The number of rotatable bonds is 22. The molecule has 0 heterocycles. The van der Waals surface area contributed by atoms with Crippen LogP contribution in [0.5, 0.6) is 0 Å². The van der Waals surface area contributed by atoms with E-state index in [9.17, 15) is 5.11 Å². The molecule has 1 N–H and O–H groups in total. The Balaban J connectivity index is 1.39. The van der Waals surface area contributed by atoms with Crippen LogP contribution in [0, 0.1) is 0 Å². The first-order valence-electron chi connectivity index (χ1n) is 15.8. The molecule has 0 unspecified atom stereocenters. The first-order valence-corrected chi connectivity index (χ1v) is 15.8. The largest absolute Gasteiger partial charge is 0.388 e. The molecule has 0 amide bonds. The third-order valence-electron chi connectivity index (χ3n) is 7.74. The number of unbranched alkanes of at least 4 members (excludes halogenated alkanes) is 12. The average Bonchev–Trinajstić information content (AvgIpc) is 3.01. The highest BCUT2D eigenvalue weighted by Gasteiger charge is 2.38. The Kier molecular flexibility index (Phi) is 15.7. The van der Waals surface area contributed by atoms with Gasteiger partial charge in [-0.1, -0.05) is 175 Å². The molecule has 3 nitrogen and oxygen atoms in total. The molecule has 3 aromatic rings. The van der Waals surface area contributed by atoms with Crippen molar-refractivity contribution in [2.45, 2.75) is 102 Å². The van der Waals surface area contributed by atoms with Crippen molar-refractivity contribution in [3.05, 3.63) is 108 Å². The second-order valence-electron chi connectivity index (χ2n) is 11.1. The summed E-state index contributed by atoms with van der Waals surface area (Å²) < 4.78 is 12.5. The van der Waals surface area contributed by atoms with Crippen LogP contribution in [0.4, 0.5) is 0 Å². The van der Waals surface area contributed by atoms with Gasteiger partial charge in [-0.2, -0.15) is 0 Å². The number of aliphatic hydroxyl groups excluding tert-OH is 1. The third-order valence-corrected chi connectivity index (χ3v) is 7.74. The van der Waals surface area contributed by atoms with E-state index in [1.165, 1.54) is 77.0 Å². The monoisotopic (exact) mass is 544 g/mol. The van der Waals surface area contributed by atoms with Gasteiger partial charge in [0.15, 0.2) is 0 Å². The number of ether oxygens (including phenoxy) is 2. The lowest BCUT2D eigenvalue weighted by Crippen LogP contribution is -2.36. The van der Waals surface area contributed by atoms with Crippen molar-refractivity contribution in [3.8, 4) is 0 Å². The molecule has 0 saturated carbocycles. The van der Waals surface area contributed by atoms with Gasteiger partial charge in [0.2, 0.25) is 0 Å². The zero-order valence-electron chi connectivity index (χ0n) is 24.8. The quantitative estimate of drug-likeness (QED) is 0.101. The van der Waals surface area contributed by atoms with Crippen molar-refractivity contribution in [1.29, 1.82) is 0 Å². The van der Waals surface area contributed by atoms with Gasteiger partial charge in [0.05, 0.1) is 13.2 Å². The summed E-state index contributed by atoms with van der Waals surface area (Å²) in [6.45, 7) is 3.43. The Morgan fingerprint density at radius 3 is 1.30 bits per heavy atom. The van der Waals surface area contributed by atoms with E-state index in [1.54, 1.807) is 0 Å². The topological polar surface area (TPSA) is 38.7 Å². The minimum absolute atomic E-state index is 0.178. The number of aliphatic hydroxyl groups is 1. The molecule has 0 fully saturated rings. The fraction of sp³-hybridized carbons (Fsp3) is 0.514. The Morgan fingerprint density at radius 2 is 0.900 bits per heavy atom. The summed E-state index contributed by atoms with van der Waals surface area (Å²) in [5.41, 5.74) is 2.28. The molecule has 3 aromatic carbocycles. The van der Waals surface area contributed by atoms with Gasteiger partial charge >= 0.3 is 0 Å². The lowest BCUT2D eigenvalue weighted by molar-refractivity contribution is -0.0641. The molecule has 0 saturated heterocycles. The van der Waals surface area contributed by atoms with E-state index < -0.39 is 11.7 Å². The van der Waals surface area contributed by atoms with Crippen molar-refractivity contribution in [2.24, 2.45) is 0 Å². The maximum absolute atomic E-state index is 10.8. The van der Waals surface area contributed by atoms with E-state index in [2.05, 4.69) is 43.3 Å². The third kappa shape index (κ3) is 10.8. The molecular weight excluding hydrogens is 492 g/mol. The van der Waals surface area contributed by atoms with Gasteiger partial charge in [-0.15, -0.1) is 0 Å². The Hall–Kier alpha value is -2.46. The van der Waals surface area contributed by atoms with Gasteiger partial charge in [-0.25, -0.2) is 0 Å². The van der Waals surface area contributed by atoms with Gasteiger partial charge in [-0.05, 0) is 23.1 Å². The van der Waals surface area contributed by atoms with Crippen LogP contribution in [0.1, 0.15) is 107 Å². The van der Waals surface area contributed by atoms with Crippen LogP contribution in [-0.2, 0) is 15.1 Å². The number of benzene rings is 3. The molecule has 40 heavy (non-hydrogen) atoms. The number of hydrogen-bond donors (Lipinski definition) is 1. The molecule has 0 radical (unpaired) electrons. The van der Waals surface area contributed by atoms with Crippen LogP contribution in [-0.4, -0.2) is 31.0 Å². The van der Waals surface area contributed by atoms with Gasteiger partial charge in [0.25, 0.3) is 0 Å². The highest BCUT2D eigenvalue weighted by atomic mass is 16.5. The molecule has 0 aliphatic rings. The van der Waals surface area contributed by atoms with Gasteiger partial charge in [0, 0.05) is 6.61 Å². The molecule has 0 aromatic heterocycles. The van der Waals surface area contributed by atoms with Crippen molar-refractivity contribution < 1.29 is 14.6 Å². The summed E-state index contributed by atoms with van der Waals surface area (Å²) in [6, 6.07) is 30.8. The first-order chi connectivity index (χ1) is 19.8. The lowest BCUT2D eigenvalue weighted by Gasteiger charge is -2.36. The number of hydrogen-bond acceptors (Lipinski definition) is 3. The van der Waals surface area contributed by atoms with Crippen molar-refractivity contribution in [3.63, 3.8) is 0 Å². The second kappa shape index (κ2) is 19.6. The molecule has 3 rings (SSSR count). The van der Waals surface area contributed by atoms with E-state index in [4.69, 9.17) is 9.47 Å². The minimum Gasteiger partial charge on any atom is -0.388 e. The van der Waals surface area contributed by atoms with E-state index in [0.717, 1.165) is 23.1 Å². The fourth-order valence-electron chi connectivity index (χ4n) is 5.48. The van der Waals surface area contributed by atoms with Gasteiger partial charge in [0.1, 0.15) is 11.7 Å². The summed E-state index contributed by atoms with van der Waals surface area (Å²) in [5, 5.41) is 10.8. The molecule has 1 atom stereocenters. The van der Waals surface area contributed by atoms with Crippen molar-refractivity contribution in [2.75, 3.05) is 19.8 Å². The van der Waals surface area contributed by atoms with Gasteiger partial charge < -0.3 is 14.6 Å². The second-order valence-corrected chi connectivity index (χ2v) is 11.1. The highest BCUT2D eigenvalue weighted by molar-refractivity contribution is 5.47. The normalized spacial score (nSPS) is 12.4. The van der Waals surface area contributed by atoms with E-state index in [1.807, 2.05) is 54.6 Å². The Bertz CT molecular complexity index is 893. The van der Waals surface area contributed by atoms with Gasteiger partial charge in [-0.3, -0.25) is 0 Å². The van der Waals surface area contributed by atoms with Crippen LogP contribution in [0.25, 0.3) is 0 Å². The molecule has 218 valence electrons. The van der Waals surface area contributed by atoms with E-state index >= 15 is 0 Å². The predicted molar refractivity (Wildman–Crippen MR) is 168 cm³/mol. The molecule has 0 bridgehead atoms. The average molecular weight is 545 g/mol. The summed E-state index contributed by atoms with van der Waals surface area (Å²) in [7, 11) is 0. The van der Waals surface area contributed by atoms with E-state index in [0.29, 0.717) is 6.61 Å². The summed E-state index contributed by atoms with van der Waals surface area (Å²) >= 11 is 0. The highest BCUT2D eigenvalue weighted by Crippen LogP contribution is 2.40. The Labute approximate surface area is 244 Å². The smallest absolute Gasteiger partial charge is 0.143 e. The first kappa shape index (κ1) is 32.1. The van der Waals surface area contributed by atoms with Crippen LogP contribution < -0.4 is 0 Å². The maximum Gasteiger partial charge on any atom is 0.143 e. The zero-order chi connectivity index (χ0) is 28.1. The molecule has 0 aliphatic heterocycles. The minimum atomic E-state index is -0.820. The molecule has 3 heteroatoms. The summed E-state index contributed by atoms with van der Waals surface area (Å²) in [6.07, 6.45) is 16.7. The van der Waals surface area contributed by atoms with Crippen LogP contribution >= 0.6 is 0 Å². The summed E-state index contributed by atoms with van der Waals surface area (Å²) in [4.78, 5) is 0. The molecule has 0 spiro atoms. The summed E-state index contributed by atoms with van der Waals surface area (Å²) in [5.74, 6) is 0. The zero-order valence-corrected chi connectivity index (χ0v) is 24.8. The maximum atomic E-state index is 10.8.